The Morgan fingerprint density at radius 1 is 1.17 bits per heavy atom. The summed E-state index contributed by atoms with van der Waals surface area (Å²) in [4.78, 5) is 18.3. The summed E-state index contributed by atoms with van der Waals surface area (Å²) in [5.74, 6) is 1.83. The summed E-state index contributed by atoms with van der Waals surface area (Å²) in [7, 11) is 0. The first-order valence-corrected chi connectivity index (χ1v) is 14.0. The third kappa shape index (κ3) is 6.13. The molecule has 1 N–H and O–H groups in total. The van der Waals surface area contributed by atoms with E-state index in [2.05, 4.69) is 35.1 Å². The minimum Gasteiger partial charge on any atom is -0.493 e. The summed E-state index contributed by atoms with van der Waals surface area (Å²) in [5.41, 5.74) is 2.91. The van der Waals surface area contributed by atoms with Crippen LogP contribution in [0.5, 0.6) is 5.75 Å². The summed E-state index contributed by atoms with van der Waals surface area (Å²) in [5, 5.41) is 8.76. The highest BCUT2D eigenvalue weighted by Crippen LogP contribution is 2.41. The Bertz CT molecular complexity index is 1230. The number of benzene rings is 2. The van der Waals surface area contributed by atoms with E-state index in [0.717, 1.165) is 40.6 Å². The number of rotatable bonds is 11. The van der Waals surface area contributed by atoms with Crippen LogP contribution in [0.25, 0.3) is 0 Å². The molecule has 0 amide bonds. The number of anilines is 1. The van der Waals surface area contributed by atoms with Gasteiger partial charge >= 0.3 is 5.97 Å². The van der Waals surface area contributed by atoms with Crippen LogP contribution in [0.4, 0.5) is 5.95 Å². The van der Waals surface area contributed by atoms with Crippen LogP contribution in [0.3, 0.4) is 0 Å². The molecule has 1 aliphatic rings. The van der Waals surface area contributed by atoms with Gasteiger partial charge in [-0.2, -0.15) is 4.98 Å². The molecule has 0 spiro atoms. The van der Waals surface area contributed by atoms with E-state index in [9.17, 15) is 4.79 Å². The number of fused-ring (bicyclic) bond motifs is 1. The number of carbonyl (C=O) groups is 1. The van der Waals surface area contributed by atoms with Gasteiger partial charge in [0.05, 0.1) is 12.2 Å². The van der Waals surface area contributed by atoms with E-state index >= 15 is 0 Å². The van der Waals surface area contributed by atoms with Gasteiger partial charge in [0.1, 0.15) is 18.4 Å². The lowest BCUT2D eigenvalue weighted by Gasteiger charge is -2.29. The number of ether oxygens (including phenoxy) is 2. The second-order valence-corrected chi connectivity index (χ2v) is 10.5. The van der Waals surface area contributed by atoms with Crippen LogP contribution in [-0.2, 0) is 16.1 Å². The van der Waals surface area contributed by atoms with Gasteiger partial charge in [0, 0.05) is 21.5 Å². The number of esters is 1. The van der Waals surface area contributed by atoms with E-state index in [0.29, 0.717) is 34.7 Å². The van der Waals surface area contributed by atoms with Gasteiger partial charge in [0.25, 0.3) is 0 Å². The van der Waals surface area contributed by atoms with Gasteiger partial charge in [-0.25, -0.2) is 9.48 Å². The highest BCUT2D eigenvalue weighted by Gasteiger charge is 2.37. The molecule has 4 rings (SSSR count). The van der Waals surface area contributed by atoms with E-state index in [1.807, 2.05) is 55.5 Å². The first-order chi connectivity index (χ1) is 17.5. The van der Waals surface area contributed by atoms with Crippen LogP contribution in [-0.4, -0.2) is 33.1 Å². The van der Waals surface area contributed by atoms with Crippen molar-refractivity contribution in [1.29, 1.82) is 0 Å². The third-order valence-corrected chi connectivity index (χ3v) is 7.14. The van der Waals surface area contributed by atoms with E-state index in [4.69, 9.17) is 19.6 Å². The Hall–Kier alpha value is -2.78. The van der Waals surface area contributed by atoms with E-state index < -0.39 is 12.0 Å². The first-order valence-electron chi connectivity index (χ1n) is 12.2. The Balaban J connectivity index is 1.74. The molecule has 36 heavy (non-hydrogen) atoms. The Morgan fingerprint density at radius 2 is 1.97 bits per heavy atom. The number of allylic oxidation sites excluding steroid dienone is 1. The van der Waals surface area contributed by atoms with Gasteiger partial charge in [0.15, 0.2) is 0 Å². The second kappa shape index (κ2) is 12.5. The normalized spacial score (nSPS) is 14.8. The van der Waals surface area contributed by atoms with Crippen molar-refractivity contribution in [2.75, 3.05) is 17.7 Å². The van der Waals surface area contributed by atoms with Gasteiger partial charge in [-0.1, -0.05) is 78.3 Å². The topological polar surface area (TPSA) is 78.3 Å². The minimum absolute atomic E-state index is 0.184. The van der Waals surface area contributed by atoms with Crippen LogP contribution in [0, 0.1) is 0 Å². The highest BCUT2D eigenvalue weighted by molar-refractivity contribution is 9.10. The molecule has 0 bridgehead atoms. The lowest BCUT2D eigenvalue weighted by Crippen LogP contribution is -2.30. The molecule has 0 aliphatic carbocycles. The van der Waals surface area contributed by atoms with Crippen molar-refractivity contribution in [3.05, 3.63) is 75.4 Å². The summed E-state index contributed by atoms with van der Waals surface area (Å²) in [6.07, 6.45) is 3.06. The number of aromatic nitrogens is 3. The number of thioether (sulfide) groups is 1. The van der Waals surface area contributed by atoms with Gasteiger partial charge < -0.3 is 14.8 Å². The predicted molar refractivity (Wildman–Crippen MR) is 146 cm³/mol. The zero-order valence-electron chi connectivity index (χ0n) is 20.8. The number of unbranched alkanes of at least 4 members (excludes halogenated alkanes) is 1. The highest BCUT2D eigenvalue weighted by atomic mass is 79.9. The van der Waals surface area contributed by atoms with Crippen molar-refractivity contribution < 1.29 is 14.3 Å². The number of hydrogen-bond donors (Lipinski definition) is 1. The largest absolute Gasteiger partial charge is 0.493 e. The number of hydrogen-bond acceptors (Lipinski definition) is 7. The minimum atomic E-state index is -0.554. The SMILES string of the molecule is CCCCSc1nc2n(n1)C(c1cc(Br)ccc1OCCC)C(C(=O)OCc1ccccc1)=C(C)N2. The molecule has 0 saturated carbocycles. The maximum absolute atomic E-state index is 13.6. The molecule has 0 fully saturated rings. The number of carbonyl (C=O) groups excluding carboxylic acids is 1. The molecule has 0 saturated heterocycles. The molecule has 1 aromatic heterocycles. The molecule has 1 aliphatic heterocycles. The summed E-state index contributed by atoms with van der Waals surface area (Å²) in [6.45, 7) is 6.85. The lowest BCUT2D eigenvalue weighted by atomic mass is 9.95. The fraction of sp³-hybridized carbons (Fsp3) is 0.370. The van der Waals surface area contributed by atoms with Crippen LogP contribution >= 0.6 is 27.7 Å². The average Bonchev–Trinajstić information content (AvgIpc) is 3.28. The van der Waals surface area contributed by atoms with Gasteiger partial charge in [-0.05, 0) is 43.5 Å². The molecular formula is C27H31BrN4O3S. The van der Waals surface area contributed by atoms with Crippen molar-refractivity contribution in [3.8, 4) is 5.75 Å². The molecule has 3 aromatic rings. The smallest absolute Gasteiger partial charge is 0.338 e. The molecular weight excluding hydrogens is 540 g/mol. The molecule has 190 valence electrons. The molecule has 7 nitrogen and oxygen atoms in total. The first kappa shape index (κ1) is 26.3. The molecule has 2 aromatic carbocycles. The third-order valence-electron chi connectivity index (χ3n) is 5.72. The van der Waals surface area contributed by atoms with Crippen molar-refractivity contribution in [2.45, 2.75) is 57.8 Å². The maximum atomic E-state index is 13.6. The van der Waals surface area contributed by atoms with Crippen molar-refractivity contribution in [3.63, 3.8) is 0 Å². The van der Waals surface area contributed by atoms with E-state index in [1.54, 1.807) is 16.4 Å². The second-order valence-electron chi connectivity index (χ2n) is 8.52. The standard InChI is InChI=1S/C27H31BrN4O3S/c1-4-6-15-36-27-30-26-29-18(3)23(25(33)35-17-19-10-8-7-9-11-19)24(32(26)31-27)21-16-20(28)12-13-22(21)34-14-5-2/h7-13,16,24H,4-6,14-15,17H2,1-3H3,(H,29,30,31). The molecule has 2 heterocycles. The van der Waals surface area contributed by atoms with Crippen LogP contribution < -0.4 is 10.1 Å². The Labute approximate surface area is 224 Å². The Kier molecular flexibility index (Phi) is 9.09. The molecule has 1 unspecified atom stereocenters. The van der Waals surface area contributed by atoms with Crippen LogP contribution in [0.1, 0.15) is 57.2 Å². The Morgan fingerprint density at radius 3 is 2.72 bits per heavy atom. The van der Waals surface area contributed by atoms with Crippen molar-refractivity contribution in [2.24, 2.45) is 0 Å². The molecule has 0 radical (unpaired) electrons. The van der Waals surface area contributed by atoms with Crippen molar-refractivity contribution in [1.82, 2.24) is 14.8 Å². The number of halogens is 1. The quantitative estimate of drug-likeness (QED) is 0.155. The zero-order chi connectivity index (χ0) is 25.5. The van der Waals surface area contributed by atoms with Gasteiger partial charge in [-0.3, -0.25) is 0 Å². The van der Waals surface area contributed by atoms with Crippen LogP contribution in [0.2, 0.25) is 0 Å². The average molecular weight is 572 g/mol. The lowest BCUT2D eigenvalue weighted by molar-refractivity contribution is -0.140. The van der Waals surface area contributed by atoms with E-state index in [1.165, 1.54) is 0 Å². The fourth-order valence-electron chi connectivity index (χ4n) is 3.93. The fourth-order valence-corrected chi connectivity index (χ4v) is 5.22. The monoisotopic (exact) mass is 570 g/mol. The van der Waals surface area contributed by atoms with Gasteiger partial charge in [0.2, 0.25) is 11.1 Å². The number of nitrogens with one attached hydrogen (secondary N) is 1. The molecule has 9 heteroatoms. The van der Waals surface area contributed by atoms with Gasteiger partial charge in [-0.15, -0.1) is 5.10 Å². The summed E-state index contributed by atoms with van der Waals surface area (Å²) >= 11 is 5.22. The predicted octanol–water partition coefficient (Wildman–Crippen LogP) is 6.75. The number of nitrogens with zero attached hydrogens (tertiary/aromatic N) is 3. The summed E-state index contributed by atoms with van der Waals surface area (Å²) in [6, 6.07) is 15.0. The maximum Gasteiger partial charge on any atom is 0.338 e. The van der Waals surface area contributed by atoms with Crippen LogP contribution in [0.15, 0.2) is 69.4 Å². The van der Waals surface area contributed by atoms with E-state index in [-0.39, 0.29) is 6.61 Å². The zero-order valence-corrected chi connectivity index (χ0v) is 23.2. The van der Waals surface area contributed by atoms with Crippen molar-refractivity contribution >= 4 is 39.6 Å². The summed E-state index contributed by atoms with van der Waals surface area (Å²) < 4.78 is 14.6. The molecule has 1 atom stereocenters.